The molecule has 0 spiro atoms. The van der Waals surface area contributed by atoms with E-state index in [9.17, 15) is 9.59 Å². The van der Waals surface area contributed by atoms with E-state index in [1.54, 1.807) is 11.0 Å². The third kappa shape index (κ3) is 3.73. The van der Waals surface area contributed by atoms with Crippen molar-refractivity contribution >= 4 is 29.1 Å². The Morgan fingerprint density at radius 3 is 2.79 bits per heavy atom. The van der Waals surface area contributed by atoms with Gasteiger partial charge in [0.15, 0.2) is 0 Å². The molecule has 6 heteroatoms. The second-order valence-corrected chi connectivity index (χ2v) is 7.54. The molecule has 0 aromatic heterocycles. The lowest BCUT2D eigenvalue weighted by Gasteiger charge is -2.34. The van der Waals surface area contributed by atoms with Crippen molar-refractivity contribution in [2.75, 3.05) is 31.1 Å². The Kier molecular flexibility index (Phi) is 5.11. The lowest BCUT2D eigenvalue weighted by molar-refractivity contribution is -0.126. The van der Waals surface area contributed by atoms with Gasteiger partial charge in [0.1, 0.15) is 0 Å². The molecule has 1 atom stereocenters. The number of rotatable bonds is 4. The summed E-state index contributed by atoms with van der Waals surface area (Å²) in [6.45, 7) is 5.27. The van der Waals surface area contributed by atoms with Crippen LogP contribution in [0.1, 0.15) is 26.2 Å². The Morgan fingerprint density at radius 2 is 2.08 bits per heavy atom. The van der Waals surface area contributed by atoms with Crippen LogP contribution >= 0.6 is 11.6 Å². The van der Waals surface area contributed by atoms with Gasteiger partial charge in [0.25, 0.3) is 0 Å². The zero-order chi connectivity index (χ0) is 17.2. The summed E-state index contributed by atoms with van der Waals surface area (Å²) in [6, 6.07) is 7.25. The fraction of sp³-hybridized carbons (Fsp3) is 0.556. The minimum Gasteiger partial charge on any atom is -0.355 e. The third-order valence-electron chi connectivity index (χ3n) is 5.14. The smallest absolute Gasteiger partial charge is 0.227 e. The molecule has 5 nitrogen and oxygen atoms in total. The molecule has 0 aliphatic carbocycles. The average molecular weight is 350 g/mol. The van der Waals surface area contributed by atoms with Gasteiger partial charge in [-0.25, -0.2) is 0 Å². The van der Waals surface area contributed by atoms with E-state index in [4.69, 9.17) is 11.6 Å². The van der Waals surface area contributed by atoms with Crippen LogP contribution in [0.5, 0.6) is 0 Å². The van der Waals surface area contributed by atoms with E-state index in [0.29, 0.717) is 23.8 Å². The van der Waals surface area contributed by atoms with E-state index in [-0.39, 0.29) is 29.6 Å². The molecule has 2 aliphatic heterocycles. The quantitative estimate of drug-likeness (QED) is 0.876. The van der Waals surface area contributed by atoms with Crippen molar-refractivity contribution in [3.8, 4) is 0 Å². The van der Waals surface area contributed by atoms with Gasteiger partial charge < -0.3 is 15.5 Å². The van der Waals surface area contributed by atoms with Crippen molar-refractivity contribution in [2.45, 2.75) is 26.2 Å². The van der Waals surface area contributed by atoms with Crippen LogP contribution in [0.15, 0.2) is 24.3 Å². The lowest BCUT2D eigenvalue weighted by Crippen LogP contribution is -2.44. The summed E-state index contributed by atoms with van der Waals surface area (Å²) in [5, 5.41) is 6.94. The molecule has 1 aromatic rings. The van der Waals surface area contributed by atoms with E-state index in [1.165, 1.54) is 0 Å². The van der Waals surface area contributed by atoms with Crippen LogP contribution in [0.4, 0.5) is 5.69 Å². The fourth-order valence-corrected chi connectivity index (χ4v) is 3.68. The molecule has 24 heavy (non-hydrogen) atoms. The van der Waals surface area contributed by atoms with Gasteiger partial charge in [-0.3, -0.25) is 9.59 Å². The van der Waals surface area contributed by atoms with Crippen LogP contribution < -0.4 is 15.5 Å². The molecule has 0 bridgehead atoms. The number of amides is 2. The van der Waals surface area contributed by atoms with E-state index < -0.39 is 0 Å². The molecule has 3 rings (SSSR count). The summed E-state index contributed by atoms with van der Waals surface area (Å²) in [4.78, 5) is 26.4. The van der Waals surface area contributed by atoms with Crippen LogP contribution in [0, 0.1) is 11.3 Å². The summed E-state index contributed by atoms with van der Waals surface area (Å²) in [5.41, 5.74) is 0.830. The first-order valence-corrected chi connectivity index (χ1v) is 8.90. The predicted molar refractivity (Wildman–Crippen MR) is 95.1 cm³/mol. The van der Waals surface area contributed by atoms with E-state index in [2.05, 4.69) is 17.6 Å². The standard InChI is InChI=1S/C18H24ClN3O2/c1-18(6-8-20-9-7-18)12-21-17(24)13-10-16(23)22(11-13)15-5-3-2-4-14(15)19/h2-5,13,20H,6-12H2,1H3,(H,21,24). The van der Waals surface area contributed by atoms with Gasteiger partial charge in [0.05, 0.1) is 16.6 Å². The monoisotopic (exact) mass is 349 g/mol. The normalized spacial score (nSPS) is 23.3. The molecule has 2 N–H and O–H groups in total. The molecule has 2 amide bonds. The Bertz CT molecular complexity index is 628. The molecule has 2 fully saturated rings. The van der Waals surface area contributed by atoms with Gasteiger partial charge >= 0.3 is 0 Å². The highest BCUT2D eigenvalue weighted by Gasteiger charge is 2.36. The van der Waals surface area contributed by atoms with Crippen LogP contribution in [-0.4, -0.2) is 38.0 Å². The number of nitrogens with one attached hydrogen (secondary N) is 2. The Hall–Kier alpha value is -1.59. The van der Waals surface area contributed by atoms with Gasteiger partial charge in [-0.2, -0.15) is 0 Å². The number of piperidine rings is 1. The fourth-order valence-electron chi connectivity index (χ4n) is 3.44. The van der Waals surface area contributed by atoms with E-state index in [0.717, 1.165) is 25.9 Å². The van der Waals surface area contributed by atoms with E-state index >= 15 is 0 Å². The molecule has 1 unspecified atom stereocenters. The second-order valence-electron chi connectivity index (χ2n) is 7.14. The van der Waals surface area contributed by atoms with E-state index in [1.807, 2.05) is 18.2 Å². The van der Waals surface area contributed by atoms with Crippen molar-refractivity contribution in [2.24, 2.45) is 11.3 Å². The molecule has 2 saturated heterocycles. The number of carbonyl (C=O) groups excluding carboxylic acids is 2. The van der Waals surface area contributed by atoms with Gasteiger partial charge in [0, 0.05) is 19.5 Å². The zero-order valence-corrected chi connectivity index (χ0v) is 14.7. The van der Waals surface area contributed by atoms with Crippen LogP contribution in [0.2, 0.25) is 5.02 Å². The lowest BCUT2D eigenvalue weighted by atomic mass is 9.81. The molecular weight excluding hydrogens is 326 g/mol. The first-order chi connectivity index (χ1) is 11.5. The molecule has 0 radical (unpaired) electrons. The Labute approximate surface area is 147 Å². The van der Waals surface area contributed by atoms with Crippen molar-refractivity contribution < 1.29 is 9.59 Å². The molecule has 2 aliphatic rings. The maximum absolute atomic E-state index is 12.5. The van der Waals surface area contributed by atoms with Crippen LogP contribution in [0.3, 0.4) is 0 Å². The SMILES string of the molecule is CC1(CNC(=O)C2CC(=O)N(c3ccccc3Cl)C2)CCNCC1. The van der Waals surface area contributed by atoms with Gasteiger partial charge in [-0.1, -0.05) is 30.7 Å². The average Bonchev–Trinajstić information content (AvgIpc) is 2.96. The second kappa shape index (κ2) is 7.11. The highest BCUT2D eigenvalue weighted by molar-refractivity contribution is 6.33. The summed E-state index contributed by atoms with van der Waals surface area (Å²) in [7, 11) is 0. The zero-order valence-electron chi connectivity index (χ0n) is 14.0. The number of hydrogen-bond acceptors (Lipinski definition) is 3. The number of halogens is 1. The molecular formula is C18H24ClN3O2. The molecule has 1 aromatic carbocycles. The maximum Gasteiger partial charge on any atom is 0.227 e. The first-order valence-electron chi connectivity index (χ1n) is 8.52. The van der Waals surface area contributed by atoms with Crippen molar-refractivity contribution in [3.63, 3.8) is 0 Å². The largest absolute Gasteiger partial charge is 0.355 e. The number of para-hydroxylation sites is 1. The van der Waals surface area contributed by atoms with Crippen LogP contribution in [0.25, 0.3) is 0 Å². The number of nitrogens with zero attached hydrogens (tertiary/aromatic N) is 1. The molecule has 2 heterocycles. The molecule has 0 saturated carbocycles. The maximum atomic E-state index is 12.5. The van der Waals surface area contributed by atoms with Crippen molar-refractivity contribution in [1.29, 1.82) is 0 Å². The van der Waals surface area contributed by atoms with Crippen molar-refractivity contribution in [3.05, 3.63) is 29.3 Å². The topological polar surface area (TPSA) is 61.4 Å². The summed E-state index contributed by atoms with van der Waals surface area (Å²) >= 11 is 6.18. The Balaban J connectivity index is 1.59. The third-order valence-corrected chi connectivity index (χ3v) is 5.46. The minimum absolute atomic E-state index is 0.0299. The highest BCUT2D eigenvalue weighted by Crippen LogP contribution is 2.31. The highest BCUT2D eigenvalue weighted by atomic mass is 35.5. The number of anilines is 1. The summed E-state index contributed by atoms with van der Waals surface area (Å²) in [5.74, 6) is -0.381. The Morgan fingerprint density at radius 1 is 1.38 bits per heavy atom. The summed E-state index contributed by atoms with van der Waals surface area (Å²) < 4.78 is 0. The van der Waals surface area contributed by atoms with Gasteiger partial charge in [0.2, 0.25) is 11.8 Å². The predicted octanol–water partition coefficient (Wildman–Crippen LogP) is 2.20. The van der Waals surface area contributed by atoms with Crippen LogP contribution in [-0.2, 0) is 9.59 Å². The number of carbonyl (C=O) groups is 2. The van der Waals surface area contributed by atoms with Gasteiger partial charge in [-0.15, -0.1) is 0 Å². The number of hydrogen-bond donors (Lipinski definition) is 2. The molecule has 130 valence electrons. The van der Waals surface area contributed by atoms with Gasteiger partial charge in [-0.05, 0) is 43.5 Å². The summed E-state index contributed by atoms with van der Waals surface area (Å²) in [6.07, 6.45) is 2.36. The number of benzene rings is 1. The van der Waals surface area contributed by atoms with Crippen molar-refractivity contribution in [1.82, 2.24) is 10.6 Å². The minimum atomic E-state index is -0.306. The first kappa shape index (κ1) is 17.2.